The maximum absolute atomic E-state index is 12.4. The van der Waals surface area contributed by atoms with Crippen LogP contribution in [0.25, 0.3) is 0 Å². The molecule has 2 N–H and O–H groups in total. The molecule has 2 amide bonds. The lowest BCUT2D eigenvalue weighted by Gasteiger charge is -2.14. The van der Waals surface area contributed by atoms with Crippen molar-refractivity contribution in [3.63, 3.8) is 0 Å². The number of hydrogen-bond acceptors (Lipinski definition) is 4. The number of aryl methyl sites for hydroxylation is 1. The molecule has 0 heterocycles. The van der Waals surface area contributed by atoms with Crippen LogP contribution in [0, 0.1) is 5.92 Å². The Kier molecular flexibility index (Phi) is 8.32. The maximum Gasteiger partial charge on any atom is 0.276 e. The van der Waals surface area contributed by atoms with E-state index in [0.29, 0.717) is 29.6 Å². The van der Waals surface area contributed by atoms with E-state index in [1.807, 2.05) is 38.1 Å². The minimum atomic E-state index is -0.472. The van der Waals surface area contributed by atoms with E-state index in [9.17, 15) is 9.59 Å². The largest absolute Gasteiger partial charge is 0.492 e. The highest BCUT2D eigenvalue weighted by Gasteiger charge is 2.15. The predicted molar refractivity (Wildman–Crippen MR) is 111 cm³/mol. The minimum absolute atomic E-state index is 0.207. The quantitative estimate of drug-likeness (QED) is 0.600. The second kappa shape index (κ2) is 10.7. The summed E-state index contributed by atoms with van der Waals surface area (Å²) in [5.41, 5.74) is 6.25. The van der Waals surface area contributed by atoms with E-state index >= 15 is 0 Å². The van der Waals surface area contributed by atoms with Gasteiger partial charge in [0, 0.05) is 4.47 Å². The Morgan fingerprint density at radius 2 is 1.75 bits per heavy atom. The molecule has 2 rings (SSSR count). The van der Waals surface area contributed by atoms with E-state index < -0.39 is 11.8 Å². The van der Waals surface area contributed by atoms with Crippen molar-refractivity contribution in [2.75, 3.05) is 13.2 Å². The summed E-state index contributed by atoms with van der Waals surface area (Å²) in [6.45, 7) is 6.39. The van der Waals surface area contributed by atoms with Gasteiger partial charge in [0.1, 0.15) is 11.5 Å². The number of hydrazine groups is 1. The van der Waals surface area contributed by atoms with Crippen LogP contribution in [0.4, 0.5) is 0 Å². The predicted octanol–water partition coefficient (Wildman–Crippen LogP) is 3.89. The van der Waals surface area contributed by atoms with Gasteiger partial charge >= 0.3 is 0 Å². The molecule has 0 aliphatic heterocycles. The second-order valence-corrected chi connectivity index (χ2v) is 7.55. The van der Waals surface area contributed by atoms with E-state index in [2.05, 4.69) is 33.7 Å². The van der Waals surface area contributed by atoms with Gasteiger partial charge in [-0.25, -0.2) is 0 Å². The number of amides is 2. The molecule has 0 spiro atoms. The number of benzene rings is 2. The van der Waals surface area contributed by atoms with E-state index in [4.69, 9.17) is 9.47 Å². The van der Waals surface area contributed by atoms with Gasteiger partial charge in [0.15, 0.2) is 6.61 Å². The number of rotatable bonds is 8. The van der Waals surface area contributed by atoms with Crippen LogP contribution >= 0.6 is 15.9 Å². The number of hydrogen-bond donors (Lipinski definition) is 2. The monoisotopic (exact) mass is 448 g/mol. The van der Waals surface area contributed by atoms with Crippen LogP contribution in [-0.2, 0) is 11.2 Å². The first-order valence-electron chi connectivity index (χ1n) is 9.12. The summed E-state index contributed by atoms with van der Waals surface area (Å²) in [6, 6.07) is 12.7. The van der Waals surface area contributed by atoms with E-state index in [1.165, 1.54) is 5.56 Å². The van der Waals surface area contributed by atoms with E-state index in [-0.39, 0.29) is 6.61 Å². The SMILES string of the molecule is CCc1ccc(OCC(=O)NNC(=O)c2cc(Br)ccc2OCC(C)C)cc1. The molecule has 6 nitrogen and oxygen atoms in total. The van der Waals surface area contributed by atoms with Gasteiger partial charge in [0.25, 0.3) is 11.8 Å². The standard InChI is InChI=1S/C21H25BrN2O4/c1-4-15-5-8-17(9-6-15)27-13-20(25)23-24-21(26)18-11-16(22)7-10-19(18)28-12-14(2)3/h5-11,14H,4,12-13H2,1-3H3,(H,23,25)(H,24,26). The van der Waals surface area contributed by atoms with Crippen molar-refractivity contribution in [2.45, 2.75) is 27.2 Å². The lowest BCUT2D eigenvalue weighted by Crippen LogP contribution is -2.44. The molecule has 0 saturated heterocycles. The van der Waals surface area contributed by atoms with Crippen molar-refractivity contribution < 1.29 is 19.1 Å². The molecule has 2 aromatic rings. The lowest BCUT2D eigenvalue weighted by atomic mass is 10.2. The molecule has 0 aliphatic rings. The summed E-state index contributed by atoms with van der Waals surface area (Å²) >= 11 is 3.34. The Balaban J connectivity index is 1.88. The molecule has 7 heteroatoms. The summed E-state index contributed by atoms with van der Waals surface area (Å²) in [5.74, 6) is 0.432. The molecule has 0 unspecified atom stereocenters. The van der Waals surface area contributed by atoms with Crippen LogP contribution in [0.1, 0.15) is 36.7 Å². The Morgan fingerprint density at radius 1 is 1.04 bits per heavy atom. The summed E-state index contributed by atoms with van der Waals surface area (Å²) in [4.78, 5) is 24.4. The highest BCUT2D eigenvalue weighted by atomic mass is 79.9. The molecule has 0 aliphatic carbocycles. The Bertz CT molecular complexity index is 807. The van der Waals surface area contributed by atoms with Gasteiger partial charge in [-0.15, -0.1) is 0 Å². The molecule has 0 saturated carbocycles. The van der Waals surface area contributed by atoms with Crippen molar-refractivity contribution >= 4 is 27.7 Å². The van der Waals surface area contributed by atoms with Crippen LogP contribution in [0.3, 0.4) is 0 Å². The fourth-order valence-corrected chi connectivity index (χ4v) is 2.62. The summed E-state index contributed by atoms with van der Waals surface area (Å²) in [5, 5.41) is 0. The van der Waals surface area contributed by atoms with Gasteiger partial charge in [-0.1, -0.05) is 48.8 Å². The van der Waals surface area contributed by atoms with Gasteiger partial charge in [-0.3, -0.25) is 20.4 Å². The molecule has 28 heavy (non-hydrogen) atoms. The van der Waals surface area contributed by atoms with Crippen molar-refractivity contribution in [3.8, 4) is 11.5 Å². The first-order chi connectivity index (χ1) is 13.4. The highest BCUT2D eigenvalue weighted by molar-refractivity contribution is 9.10. The van der Waals surface area contributed by atoms with Crippen molar-refractivity contribution in [2.24, 2.45) is 5.92 Å². The minimum Gasteiger partial charge on any atom is -0.492 e. The first-order valence-corrected chi connectivity index (χ1v) is 9.91. The molecule has 0 radical (unpaired) electrons. The Labute approximate surface area is 173 Å². The van der Waals surface area contributed by atoms with Crippen LogP contribution in [0.15, 0.2) is 46.9 Å². The maximum atomic E-state index is 12.4. The lowest BCUT2D eigenvalue weighted by molar-refractivity contribution is -0.123. The van der Waals surface area contributed by atoms with Crippen molar-refractivity contribution in [1.82, 2.24) is 10.9 Å². The zero-order valence-electron chi connectivity index (χ0n) is 16.3. The van der Waals surface area contributed by atoms with Crippen LogP contribution in [0.2, 0.25) is 0 Å². The summed E-state index contributed by atoms with van der Waals surface area (Å²) in [7, 11) is 0. The number of carbonyl (C=O) groups excluding carboxylic acids is 2. The van der Waals surface area contributed by atoms with Crippen molar-refractivity contribution in [3.05, 3.63) is 58.1 Å². The third-order valence-corrected chi connectivity index (χ3v) is 4.27. The van der Waals surface area contributed by atoms with Crippen LogP contribution < -0.4 is 20.3 Å². The number of carbonyl (C=O) groups is 2. The summed E-state index contributed by atoms with van der Waals surface area (Å²) in [6.07, 6.45) is 0.936. The van der Waals surface area contributed by atoms with Gasteiger partial charge in [0.05, 0.1) is 12.2 Å². The highest BCUT2D eigenvalue weighted by Crippen LogP contribution is 2.23. The van der Waals surface area contributed by atoms with Gasteiger partial charge in [-0.2, -0.15) is 0 Å². The Morgan fingerprint density at radius 3 is 2.39 bits per heavy atom. The third kappa shape index (κ3) is 6.88. The molecule has 2 aromatic carbocycles. The fourth-order valence-electron chi connectivity index (χ4n) is 2.26. The smallest absolute Gasteiger partial charge is 0.276 e. The normalized spacial score (nSPS) is 10.5. The van der Waals surface area contributed by atoms with Gasteiger partial charge in [0.2, 0.25) is 0 Å². The average Bonchev–Trinajstić information content (AvgIpc) is 2.69. The van der Waals surface area contributed by atoms with E-state index in [1.54, 1.807) is 18.2 Å². The molecule has 0 aromatic heterocycles. The van der Waals surface area contributed by atoms with Gasteiger partial charge in [-0.05, 0) is 48.2 Å². The fraction of sp³-hybridized carbons (Fsp3) is 0.333. The number of nitrogens with one attached hydrogen (secondary N) is 2. The number of ether oxygens (including phenoxy) is 2. The van der Waals surface area contributed by atoms with E-state index in [0.717, 1.165) is 10.9 Å². The molecule has 0 bridgehead atoms. The summed E-state index contributed by atoms with van der Waals surface area (Å²) < 4.78 is 11.8. The van der Waals surface area contributed by atoms with Gasteiger partial charge < -0.3 is 9.47 Å². The molecule has 0 atom stereocenters. The third-order valence-electron chi connectivity index (χ3n) is 3.78. The topological polar surface area (TPSA) is 76.7 Å². The van der Waals surface area contributed by atoms with Crippen molar-refractivity contribution in [1.29, 1.82) is 0 Å². The molecule has 150 valence electrons. The number of halogens is 1. The zero-order chi connectivity index (χ0) is 20.5. The Hall–Kier alpha value is -2.54. The van der Waals surface area contributed by atoms with Crippen LogP contribution in [0.5, 0.6) is 11.5 Å². The second-order valence-electron chi connectivity index (χ2n) is 6.63. The molecule has 0 fully saturated rings. The average molecular weight is 449 g/mol. The first kappa shape index (κ1) is 21.8. The van der Waals surface area contributed by atoms with Crippen LogP contribution in [-0.4, -0.2) is 25.0 Å². The molecular weight excluding hydrogens is 424 g/mol. The molecular formula is C21H25BrN2O4. The zero-order valence-corrected chi connectivity index (χ0v) is 17.8.